The van der Waals surface area contributed by atoms with Crippen LogP contribution in [0.4, 0.5) is 5.69 Å². The lowest BCUT2D eigenvalue weighted by Crippen LogP contribution is -2.58. The Labute approximate surface area is 180 Å². The number of rotatable bonds is 6. The van der Waals surface area contributed by atoms with Gasteiger partial charge in [-0.25, -0.2) is 4.68 Å². The third-order valence-electron chi connectivity index (χ3n) is 7.25. The topological polar surface area (TPSA) is 64.0 Å². The fraction of sp³-hybridized carbons (Fsp3) is 0.522. The van der Waals surface area contributed by atoms with Gasteiger partial charge in [-0.1, -0.05) is 51.1 Å². The Kier molecular flexibility index (Phi) is 5.40. The minimum atomic E-state index is -0.273. The maximum Gasteiger partial charge on any atom is 0.283 e. The standard InChI is InChI=1S/C23H28BrN3O2/c1-14-18-10-16(23(18,2)3)11-19(14)26-20-12-25-27(22(29)21(20)24)13-17(28)9-15-7-5-4-6-8-15/h4-8,12,14,16,18-19,26H,9-11,13H2,1-3H3/t14-,16+,18-,19-/m1/s1. The second-order valence-corrected chi connectivity index (χ2v) is 10.0. The second-order valence-electron chi connectivity index (χ2n) is 9.24. The van der Waals surface area contributed by atoms with Gasteiger partial charge in [-0.15, -0.1) is 0 Å². The van der Waals surface area contributed by atoms with E-state index in [1.807, 2.05) is 30.3 Å². The van der Waals surface area contributed by atoms with Gasteiger partial charge < -0.3 is 5.32 Å². The van der Waals surface area contributed by atoms with Gasteiger partial charge in [0.15, 0.2) is 5.78 Å². The van der Waals surface area contributed by atoms with Crippen molar-refractivity contribution in [3.05, 3.63) is 56.9 Å². The highest BCUT2D eigenvalue weighted by atomic mass is 79.9. The molecule has 2 aromatic rings. The average Bonchev–Trinajstić information content (AvgIpc) is 2.69. The summed E-state index contributed by atoms with van der Waals surface area (Å²) in [5.74, 6) is 1.98. The van der Waals surface area contributed by atoms with Gasteiger partial charge in [0, 0.05) is 12.5 Å². The summed E-state index contributed by atoms with van der Waals surface area (Å²) in [6.07, 6.45) is 4.40. The van der Waals surface area contributed by atoms with E-state index in [4.69, 9.17) is 0 Å². The molecule has 3 aliphatic rings. The molecular weight excluding hydrogens is 430 g/mol. The average molecular weight is 458 g/mol. The van der Waals surface area contributed by atoms with Crippen LogP contribution < -0.4 is 10.9 Å². The summed E-state index contributed by atoms with van der Waals surface area (Å²) in [6, 6.07) is 9.89. The first kappa shape index (κ1) is 20.3. The predicted molar refractivity (Wildman–Crippen MR) is 118 cm³/mol. The van der Waals surface area contributed by atoms with E-state index in [9.17, 15) is 9.59 Å². The van der Waals surface area contributed by atoms with Crippen LogP contribution in [0, 0.1) is 23.2 Å². The van der Waals surface area contributed by atoms with E-state index < -0.39 is 0 Å². The van der Waals surface area contributed by atoms with Crippen molar-refractivity contribution < 1.29 is 4.79 Å². The first-order valence-electron chi connectivity index (χ1n) is 10.3. The van der Waals surface area contributed by atoms with Gasteiger partial charge in [-0.05, 0) is 57.5 Å². The number of halogens is 1. The molecule has 0 saturated heterocycles. The molecule has 3 saturated carbocycles. The number of nitrogens with zero attached hydrogens (tertiary/aromatic N) is 2. The second kappa shape index (κ2) is 7.71. The van der Waals surface area contributed by atoms with Crippen LogP contribution in [-0.2, 0) is 17.8 Å². The Morgan fingerprint density at radius 2 is 2.00 bits per heavy atom. The van der Waals surface area contributed by atoms with Crippen LogP contribution in [0.5, 0.6) is 0 Å². The summed E-state index contributed by atoms with van der Waals surface area (Å²) in [5, 5.41) is 7.81. The molecule has 2 bridgehead atoms. The molecule has 5 nitrogen and oxygen atoms in total. The normalized spacial score (nSPS) is 27.2. The van der Waals surface area contributed by atoms with Gasteiger partial charge >= 0.3 is 0 Å². The van der Waals surface area contributed by atoms with E-state index in [0.29, 0.717) is 28.3 Å². The van der Waals surface area contributed by atoms with Crippen molar-refractivity contribution in [3.63, 3.8) is 0 Å². The number of benzene rings is 1. The van der Waals surface area contributed by atoms with Crippen LogP contribution in [0.3, 0.4) is 0 Å². The highest BCUT2D eigenvalue weighted by Gasteiger charge is 2.56. The van der Waals surface area contributed by atoms with Crippen LogP contribution in [0.1, 0.15) is 39.2 Å². The molecule has 0 amide bonds. The van der Waals surface area contributed by atoms with Crippen LogP contribution in [0.15, 0.2) is 45.8 Å². The Hall–Kier alpha value is -1.95. The van der Waals surface area contributed by atoms with Gasteiger partial charge in [0.05, 0.1) is 11.9 Å². The van der Waals surface area contributed by atoms with Crippen molar-refractivity contribution in [1.29, 1.82) is 0 Å². The Morgan fingerprint density at radius 3 is 2.66 bits per heavy atom. The monoisotopic (exact) mass is 457 g/mol. The highest BCUT2D eigenvalue weighted by molar-refractivity contribution is 9.10. The third-order valence-corrected chi connectivity index (χ3v) is 8.02. The van der Waals surface area contributed by atoms with E-state index in [2.05, 4.69) is 47.1 Å². The molecule has 154 valence electrons. The van der Waals surface area contributed by atoms with Crippen LogP contribution in [0.2, 0.25) is 0 Å². The Balaban J connectivity index is 1.44. The lowest BCUT2D eigenvalue weighted by Gasteiger charge is -2.62. The van der Waals surface area contributed by atoms with E-state index >= 15 is 0 Å². The molecule has 0 aliphatic heterocycles. The summed E-state index contributed by atoms with van der Waals surface area (Å²) >= 11 is 3.44. The number of anilines is 1. The predicted octanol–water partition coefficient (Wildman–Crippen LogP) is 4.30. The molecule has 6 heteroatoms. The number of hydrogen-bond acceptors (Lipinski definition) is 4. The van der Waals surface area contributed by atoms with E-state index in [1.165, 1.54) is 11.1 Å². The number of hydrogen-bond donors (Lipinski definition) is 1. The van der Waals surface area contributed by atoms with Crippen LogP contribution in [-0.4, -0.2) is 21.6 Å². The minimum absolute atomic E-state index is 0.0230. The van der Waals surface area contributed by atoms with Crippen molar-refractivity contribution in [2.45, 2.75) is 52.6 Å². The molecule has 1 aromatic heterocycles. The zero-order chi connectivity index (χ0) is 20.8. The number of fused-ring (bicyclic) bond motifs is 2. The fourth-order valence-corrected chi connectivity index (χ4v) is 5.69. The smallest absolute Gasteiger partial charge is 0.283 e. The van der Waals surface area contributed by atoms with E-state index in [-0.39, 0.29) is 17.9 Å². The first-order chi connectivity index (χ1) is 13.8. The summed E-state index contributed by atoms with van der Waals surface area (Å²) < 4.78 is 1.69. The maximum absolute atomic E-state index is 12.7. The van der Waals surface area contributed by atoms with Gasteiger partial charge in [0.2, 0.25) is 0 Å². The molecule has 0 spiro atoms. The number of nitrogens with one attached hydrogen (secondary N) is 1. The van der Waals surface area contributed by atoms with Crippen molar-refractivity contribution in [2.75, 3.05) is 5.32 Å². The summed E-state index contributed by atoms with van der Waals surface area (Å²) in [7, 11) is 0. The van der Waals surface area contributed by atoms with E-state index in [0.717, 1.165) is 29.5 Å². The van der Waals surface area contributed by atoms with Gasteiger partial charge in [-0.2, -0.15) is 5.10 Å². The molecule has 4 atom stereocenters. The molecular formula is C23H28BrN3O2. The maximum atomic E-state index is 12.7. The Morgan fingerprint density at radius 1 is 1.28 bits per heavy atom. The summed E-state index contributed by atoms with van der Waals surface area (Å²) in [6.45, 7) is 7.04. The quantitative estimate of drug-likeness (QED) is 0.701. The summed E-state index contributed by atoms with van der Waals surface area (Å²) in [5.41, 5.74) is 1.81. The van der Waals surface area contributed by atoms with Crippen LogP contribution >= 0.6 is 15.9 Å². The molecule has 0 radical (unpaired) electrons. The zero-order valence-electron chi connectivity index (χ0n) is 17.2. The van der Waals surface area contributed by atoms with Gasteiger partial charge in [0.1, 0.15) is 11.0 Å². The number of ketones is 1. The highest BCUT2D eigenvalue weighted by Crippen LogP contribution is 2.61. The minimum Gasteiger partial charge on any atom is -0.380 e. The van der Waals surface area contributed by atoms with Crippen molar-refractivity contribution in [1.82, 2.24) is 9.78 Å². The largest absolute Gasteiger partial charge is 0.380 e. The molecule has 3 fully saturated rings. The van der Waals surface area contributed by atoms with Crippen molar-refractivity contribution >= 4 is 27.4 Å². The molecule has 29 heavy (non-hydrogen) atoms. The van der Waals surface area contributed by atoms with Gasteiger partial charge in [0.25, 0.3) is 5.56 Å². The molecule has 3 aliphatic carbocycles. The molecule has 1 N–H and O–H groups in total. The number of carbonyl (C=O) groups excluding carboxylic acids is 1. The van der Waals surface area contributed by atoms with Crippen molar-refractivity contribution in [3.8, 4) is 0 Å². The summed E-state index contributed by atoms with van der Waals surface area (Å²) in [4.78, 5) is 25.1. The SMILES string of the molecule is C[C@@H]1[C@H]2C[C@@H](C[C@H]1Nc1cnn(CC(=O)Cc3ccccc3)c(=O)c1Br)C2(C)C. The van der Waals surface area contributed by atoms with Crippen molar-refractivity contribution in [2.24, 2.45) is 23.2 Å². The fourth-order valence-electron chi connectivity index (χ4n) is 5.26. The number of carbonyl (C=O) groups is 1. The zero-order valence-corrected chi connectivity index (χ0v) is 18.8. The number of Topliss-reactive ketones (excluding diaryl/α,β-unsaturated/α-hetero) is 1. The molecule has 1 aromatic carbocycles. The lowest BCUT2D eigenvalue weighted by atomic mass is 9.45. The molecule has 0 unspecified atom stereocenters. The van der Waals surface area contributed by atoms with Gasteiger partial charge in [-0.3, -0.25) is 9.59 Å². The molecule has 5 rings (SSSR count). The Bertz CT molecular complexity index is 970. The van der Waals surface area contributed by atoms with Crippen LogP contribution in [0.25, 0.3) is 0 Å². The first-order valence-corrected chi connectivity index (χ1v) is 11.1. The van der Waals surface area contributed by atoms with E-state index in [1.54, 1.807) is 6.20 Å². The lowest BCUT2D eigenvalue weighted by molar-refractivity contribution is -0.119. The number of aromatic nitrogens is 2. The molecule has 1 heterocycles. The third kappa shape index (κ3) is 3.79.